The Bertz CT molecular complexity index is 701. The van der Waals surface area contributed by atoms with Crippen LogP contribution in [0.1, 0.15) is 17.3 Å². The third kappa shape index (κ3) is 5.24. The van der Waals surface area contributed by atoms with E-state index in [-0.39, 0.29) is 17.2 Å². The highest BCUT2D eigenvalue weighted by molar-refractivity contribution is 5.97. The fourth-order valence-corrected chi connectivity index (χ4v) is 2.26. The summed E-state index contributed by atoms with van der Waals surface area (Å²) in [6, 6.07) is 4.11. The van der Waals surface area contributed by atoms with Gasteiger partial charge in [-0.1, -0.05) is 6.07 Å². The van der Waals surface area contributed by atoms with E-state index in [9.17, 15) is 24.5 Å². The van der Waals surface area contributed by atoms with Gasteiger partial charge in [0.05, 0.1) is 18.1 Å². The van der Waals surface area contributed by atoms with Crippen molar-refractivity contribution in [3.8, 4) is 0 Å². The van der Waals surface area contributed by atoms with E-state index in [4.69, 9.17) is 9.47 Å². The molecule has 1 fully saturated rings. The van der Waals surface area contributed by atoms with Crippen molar-refractivity contribution in [2.45, 2.75) is 13.0 Å². The van der Waals surface area contributed by atoms with E-state index < -0.39 is 29.4 Å². The van der Waals surface area contributed by atoms with Crippen LogP contribution in [0, 0.1) is 10.1 Å². The number of carbonyl (C=O) groups is 3. The maximum Gasteiger partial charge on any atom is 0.328 e. The molecule has 0 spiro atoms. The van der Waals surface area contributed by atoms with Gasteiger partial charge in [0.15, 0.2) is 6.61 Å². The Kier molecular flexibility index (Phi) is 6.61. The van der Waals surface area contributed by atoms with Gasteiger partial charge in [0.1, 0.15) is 6.04 Å². The Balaban J connectivity index is 1.84. The highest BCUT2D eigenvalue weighted by Crippen LogP contribution is 2.13. The molecule has 140 valence electrons. The summed E-state index contributed by atoms with van der Waals surface area (Å²) in [5.41, 5.74) is -0.188. The van der Waals surface area contributed by atoms with E-state index >= 15 is 0 Å². The number of benzene rings is 1. The Hall–Kier alpha value is -3.01. The minimum absolute atomic E-state index is 0.0447. The van der Waals surface area contributed by atoms with Crippen molar-refractivity contribution >= 4 is 23.5 Å². The normalized spacial score (nSPS) is 15.0. The second-order valence-corrected chi connectivity index (χ2v) is 5.60. The molecular weight excluding hydrogens is 346 g/mol. The Morgan fingerprint density at radius 2 is 2.04 bits per heavy atom. The van der Waals surface area contributed by atoms with E-state index in [1.165, 1.54) is 30.0 Å². The van der Waals surface area contributed by atoms with Gasteiger partial charge in [-0.2, -0.15) is 0 Å². The fraction of sp³-hybridized carbons (Fsp3) is 0.438. The Morgan fingerprint density at radius 3 is 2.69 bits per heavy atom. The quantitative estimate of drug-likeness (QED) is 0.430. The van der Waals surface area contributed by atoms with Gasteiger partial charge in [0.25, 0.3) is 17.5 Å². The van der Waals surface area contributed by atoms with Gasteiger partial charge in [0.2, 0.25) is 0 Å². The number of nitrogens with zero attached hydrogens (tertiary/aromatic N) is 2. The molecule has 1 aliphatic rings. The van der Waals surface area contributed by atoms with Crippen molar-refractivity contribution in [2.75, 3.05) is 32.9 Å². The number of carbonyl (C=O) groups excluding carboxylic acids is 3. The van der Waals surface area contributed by atoms with Crippen molar-refractivity contribution in [2.24, 2.45) is 0 Å². The average molecular weight is 365 g/mol. The number of hydrogen-bond donors (Lipinski definition) is 1. The maximum atomic E-state index is 12.1. The molecule has 0 unspecified atom stereocenters. The monoisotopic (exact) mass is 365 g/mol. The van der Waals surface area contributed by atoms with Gasteiger partial charge in [0, 0.05) is 30.8 Å². The van der Waals surface area contributed by atoms with Crippen LogP contribution in [-0.2, 0) is 19.1 Å². The van der Waals surface area contributed by atoms with Gasteiger partial charge < -0.3 is 19.7 Å². The number of nitro benzene ring substituents is 1. The summed E-state index contributed by atoms with van der Waals surface area (Å²) in [5.74, 6) is -1.76. The summed E-state index contributed by atoms with van der Waals surface area (Å²) in [6.45, 7) is 2.74. The largest absolute Gasteiger partial charge is 0.454 e. The molecule has 1 saturated heterocycles. The molecule has 10 heteroatoms. The zero-order valence-electron chi connectivity index (χ0n) is 14.2. The number of hydrogen-bond acceptors (Lipinski definition) is 7. The predicted octanol–water partition coefficient (Wildman–Crippen LogP) is 0.115. The van der Waals surface area contributed by atoms with Crippen LogP contribution in [0.3, 0.4) is 0 Å². The molecule has 1 atom stereocenters. The van der Waals surface area contributed by atoms with Gasteiger partial charge in [-0.3, -0.25) is 19.7 Å². The molecule has 1 heterocycles. The first-order valence-corrected chi connectivity index (χ1v) is 7.96. The maximum absolute atomic E-state index is 12.1. The summed E-state index contributed by atoms with van der Waals surface area (Å²) in [7, 11) is 0. The summed E-state index contributed by atoms with van der Waals surface area (Å²) in [6.07, 6.45) is 0. The van der Waals surface area contributed by atoms with E-state index in [1.807, 2.05) is 0 Å². The highest BCUT2D eigenvalue weighted by atomic mass is 16.6. The van der Waals surface area contributed by atoms with E-state index in [0.717, 1.165) is 6.07 Å². The van der Waals surface area contributed by atoms with E-state index in [1.54, 1.807) is 0 Å². The molecule has 0 aliphatic carbocycles. The Morgan fingerprint density at radius 1 is 1.35 bits per heavy atom. The van der Waals surface area contributed by atoms with Crippen molar-refractivity contribution in [3.63, 3.8) is 0 Å². The standard InChI is InChI=1S/C16H19N3O7/c1-11(16(22)26-10-14(20)18-5-7-25-8-6-18)17-15(21)12-3-2-4-13(9-12)19(23)24/h2-4,9,11H,5-8,10H2,1H3,(H,17,21)/t11-/m0/s1. The van der Waals surface area contributed by atoms with Crippen LogP contribution in [0.25, 0.3) is 0 Å². The lowest BCUT2D eigenvalue weighted by atomic mass is 10.2. The number of morpholine rings is 1. The van der Waals surface area contributed by atoms with Crippen LogP contribution in [0.4, 0.5) is 5.69 Å². The number of rotatable bonds is 6. The topological polar surface area (TPSA) is 128 Å². The first-order valence-electron chi connectivity index (χ1n) is 7.96. The molecule has 1 aromatic rings. The second-order valence-electron chi connectivity index (χ2n) is 5.60. The van der Waals surface area contributed by atoms with Crippen LogP contribution in [0.5, 0.6) is 0 Å². The third-order valence-electron chi connectivity index (χ3n) is 3.72. The number of non-ortho nitro benzene ring substituents is 1. The van der Waals surface area contributed by atoms with Crippen LogP contribution >= 0.6 is 0 Å². The zero-order chi connectivity index (χ0) is 19.1. The van der Waals surface area contributed by atoms with Crippen molar-refractivity contribution < 1.29 is 28.8 Å². The van der Waals surface area contributed by atoms with Crippen LogP contribution in [-0.4, -0.2) is 66.6 Å². The number of esters is 1. The predicted molar refractivity (Wildman–Crippen MR) is 88.4 cm³/mol. The molecular formula is C16H19N3O7. The highest BCUT2D eigenvalue weighted by Gasteiger charge is 2.22. The van der Waals surface area contributed by atoms with Gasteiger partial charge in [-0.25, -0.2) is 4.79 Å². The molecule has 1 aliphatic heterocycles. The van der Waals surface area contributed by atoms with Crippen LogP contribution in [0.2, 0.25) is 0 Å². The third-order valence-corrected chi connectivity index (χ3v) is 3.72. The Labute approximate surface area is 149 Å². The van der Waals surface area contributed by atoms with Crippen molar-refractivity contribution in [1.29, 1.82) is 0 Å². The average Bonchev–Trinajstić information content (AvgIpc) is 2.66. The lowest BCUT2D eigenvalue weighted by molar-refractivity contribution is -0.384. The molecule has 2 rings (SSSR count). The molecule has 10 nitrogen and oxygen atoms in total. The fourth-order valence-electron chi connectivity index (χ4n) is 2.26. The first-order chi connectivity index (χ1) is 12.4. The van der Waals surface area contributed by atoms with E-state index in [2.05, 4.69) is 5.32 Å². The lowest BCUT2D eigenvalue weighted by Gasteiger charge is -2.26. The summed E-state index contributed by atoms with van der Waals surface area (Å²) in [4.78, 5) is 47.6. The number of ether oxygens (including phenoxy) is 2. The minimum Gasteiger partial charge on any atom is -0.454 e. The van der Waals surface area contributed by atoms with Gasteiger partial charge in [-0.15, -0.1) is 0 Å². The lowest BCUT2D eigenvalue weighted by Crippen LogP contribution is -2.44. The first kappa shape index (κ1) is 19.3. The number of nitro groups is 1. The van der Waals surface area contributed by atoms with Crippen LogP contribution in [0.15, 0.2) is 24.3 Å². The molecule has 0 bridgehead atoms. The van der Waals surface area contributed by atoms with Gasteiger partial charge in [-0.05, 0) is 13.0 Å². The van der Waals surface area contributed by atoms with Crippen molar-refractivity contribution in [1.82, 2.24) is 10.2 Å². The molecule has 0 saturated carbocycles. The molecule has 0 aromatic heterocycles. The van der Waals surface area contributed by atoms with Crippen LogP contribution < -0.4 is 5.32 Å². The molecule has 26 heavy (non-hydrogen) atoms. The molecule has 2 amide bonds. The van der Waals surface area contributed by atoms with Gasteiger partial charge >= 0.3 is 5.97 Å². The number of nitrogens with one attached hydrogen (secondary N) is 1. The summed E-state index contributed by atoms with van der Waals surface area (Å²) < 4.78 is 10.1. The minimum atomic E-state index is -1.01. The van der Waals surface area contributed by atoms with E-state index in [0.29, 0.717) is 26.3 Å². The molecule has 0 radical (unpaired) electrons. The summed E-state index contributed by atoms with van der Waals surface area (Å²) in [5, 5.41) is 13.1. The molecule has 1 aromatic carbocycles. The summed E-state index contributed by atoms with van der Waals surface area (Å²) >= 11 is 0. The van der Waals surface area contributed by atoms with Crippen molar-refractivity contribution in [3.05, 3.63) is 39.9 Å². The smallest absolute Gasteiger partial charge is 0.328 e. The molecule has 1 N–H and O–H groups in total. The SMILES string of the molecule is C[C@H](NC(=O)c1cccc([N+](=O)[O-])c1)C(=O)OCC(=O)N1CCOCC1. The number of amides is 2. The second kappa shape index (κ2) is 8.90. The zero-order valence-corrected chi connectivity index (χ0v) is 14.2.